The number of imidazole rings is 1. The first-order chi connectivity index (χ1) is 11.0. The molecule has 0 bridgehead atoms. The number of likely N-dealkylation sites (tertiary alicyclic amines) is 1. The van der Waals surface area contributed by atoms with Gasteiger partial charge in [-0.15, -0.1) is 5.10 Å². The number of hydrogen-bond acceptors (Lipinski definition) is 4. The Morgan fingerprint density at radius 2 is 1.96 bits per heavy atom. The number of rotatable bonds is 2. The molecule has 4 heterocycles. The fourth-order valence-electron chi connectivity index (χ4n) is 3.11. The fraction of sp³-hybridized carbons (Fsp3) is 0.533. The van der Waals surface area contributed by atoms with Crippen molar-refractivity contribution in [1.29, 1.82) is 0 Å². The zero-order valence-corrected chi connectivity index (χ0v) is 12.5. The minimum atomic E-state index is -2.62. The van der Waals surface area contributed by atoms with E-state index in [9.17, 15) is 13.6 Å². The van der Waals surface area contributed by atoms with Crippen LogP contribution in [0.5, 0.6) is 0 Å². The van der Waals surface area contributed by atoms with Crippen LogP contribution in [0, 0.1) is 5.92 Å². The summed E-state index contributed by atoms with van der Waals surface area (Å²) in [6.45, 7) is 1.47. The summed E-state index contributed by atoms with van der Waals surface area (Å²) < 4.78 is 28.0. The molecule has 8 heteroatoms. The summed E-state index contributed by atoms with van der Waals surface area (Å²) in [7, 11) is 0. The van der Waals surface area contributed by atoms with Gasteiger partial charge in [0.1, 0.15) is 5.82 Å². The van der Waals surface area contributed by atoms with Crippen LogP contribution in [0.2, 0.25) is 0 Å². The Labute approximate surface area is 131 Å². The molecule has 2 aromatic heterocycles. The quantitative estimate of drug-likeness (QED) is 0.839. The summed E-state index contributed by atoms with van der Waals surface area (Å²) in [6.07, 6.45) is 3.00. The summed E-state index contributed by atoms with van der Waals surface area (Å²) >= 11 is 0. The number of anilines is 1. The van der Waals surface area contributed by atoms with Gasteiger partial charge in [-0.25, -0.2) is 18.3 Å². The molecule has 0 spiro atoms. The van der Waals surface area contributed by atoms with Crippen molar-refractivity contribution >= 4 is 17.4 Å². The number of fused-ring (bicyclic) bond motifs is 1. The minimum Gasteiger partial charge on any atom is -0.353 e. The summed E-state index contributed by atoms with van der Waals surface area (Å²) in [5.41, 5.74) is 0.774. The van der Waals surface area contributed by atoms with Crippen molar-refractivity contribution in [2.24, 2.45) is 5.92 Å². The van der Waals surface area contributed by atoms with Gasteiger partial charge in [0.05, 0.1) is 5.92 Å². The van der Waals surface area contributed by atoms with Gasteiger partial charge in [-0.3, -0.25) is 4.79 Å². The van der Waals surface area contributed by atoms with E-state index in [0.717, 1.165) is 11.5 Å². The first kappa shape index (κ1) is 14.3. The van der Waals surface area contributed by atoms with Crippen LogP contribution in [0.25, 0.3) is 5.65 Å². The molecular formula is C15H17F2N5O. The Balaban J connectivity index is 1.36. The van der Waals surface area contributed by atoms with Crippen LogP contribution < -0.4 is 4.90 Å². The topological polar surface area (TPSA) is 53.7 Å². The number of aromatic nitrogens is 3. The van der Waals surface area contributed by atoms with Crippen LogP contribution >= 0.6 is 0 Å². The molecule has 2 saturated heterocycles. The maximum absolute atomic E-state index is 13.2. The number of piperidine rings is 1. The smallest absolute Gasteiger partial charge is 0.251 e. The standard InChI is InChI=1S/C15H17F2N5O/c16-15(17)3-6-20(7-4-15)14(23)11-9-21(10-11)13-2-1-12-18-5-8-22(12)19-13/h1-2,5,8,11H,3-4,6-7,9-10H2. The average Bonchev–Trinajstić information content (AvgIpc) is 2.93. The van der Waals surface area contributed by atoms with Crippen LogP contribution in [0.15, 0.2) is 24.5 Å². The van der Waals surface area contributed by atoms with Crippen molar-refractivity contribution in [2.75, 3.05) is 31.1 Å². The molecule has 1 amide bonds. The molecule has 2 aromatic rings. The highest BCUT2D eigenvalue weighted by atomic mass is 19.3. The third-order valence-corrected chi connectivity index (χ3v) is 4.60. The molecule has 0 aromatic carbocycles. The van der Waals surface area contributed by atoms with Crippen molar-refractivity contribution < 1.29 is 13.6 Å². The minimum absolute atomic E-state index is 0.0135. The highest BCUT2D eigenvalue weighted by Crippen LogP contribution is 2.30. The number of amides is 1. The summed E-state index contributed by atoms with van der Waals surface area (Å²) in [4.78, 5) is 20.1. The lowest BCUT2D eigenvalue weighted by molar-refractivity contribution is -0.142. The molecule has 0 aliphatic carbocycles. The van der Waals surface area contributed by atoms with Gasteiger partial charge in [-0.2, -0.15) is 0 Å². The molecule has 4 rings (SSSR count). The third kappa shape index (κ3) is 2.62. The number of halogens is 2. The third-order valence-electron chi connectivity index (χ3n) is 4.60. The maximum Gasteiger partial charge on any atom is 0.251 e. The number of alkyl halides is 2. The first-order valence-electron chi connectivity index (χ1n) is 7.74. The molecule has 122 valence electrons. The summed E-state index contributed by atoms with van der Waals surface area (Å²) in [5.74, 6) is -1.96. The van der Waals surface area contributed by atoms with Gasteiger partial charge in [0.25, 0.3) is 5.92 Å². The van der Waals surface area contributed by atoms with Crippen molar-refractivity contribution in [3.8, 4) is 0 Å². The van der Waals surface area contributed by atoms with Gasteiger partial charge in [0, 0.05) is 51.4 Å². The van der Waals surface area contributed by atoms with E-state index in [2.05, 4.69) is 10.1 Å². The molecule has 0 radical (unpaired) electrons. The van der Waals surface area contributed by atoms with Gasteiger partial charge in [0.15, 0.2) is 5.65 Å². The summed E-state index contributed by atoms with van der Waals surface area (Å²) in [5, 5.41) is 4.44. The van der Waals surface area contributed by atoms with Gasteiger partial charge in [-0.1, -0.05) is 0 Å². The van der Waals surface area contributed by atoms with E-state index in [1.807, 2.05) is 17.0 Å². The summed E-state index contributed by atoms with van der Waals surface area (Å²) in [6, 6.07) is 3.76. The molecule has 6 nitrogen and oxygen atoms in total. The Hall–Kier alpha value is -2.25. The molecule has 2 aliphatic rings. The van der Waals surface area contributed by atoms with Crippen LogP contribution in [0.1, 0.15) is 12.8 Å². The van der Waals surface area contributed by atoms with E-state index in [4.69, 9.17) is 0 Å². The maximum atomic E-state index is 13.2. The number of carbonyl (C=O) groups excluding carboxylic acids is 1. The number of hydrogen-bond donors (Lipinski definition) is 0. The Morgan fingerprint density at radius 3 is 2.70 bits per heavy atom. The van der Waals surface area contributed by atoms with Crippen LogP contribution in [0.4, 0.5) is 14.6 Å². The SMILES string of the molecule is O=C(C1CN(c2ccc3nccn3n2)C1)N1CCC(F)(F)CC1. The van der Waals surface area contributed by atoms with Crippen molar-refractivity contribution in [3.05, 3.63) is 24.5 Å². The van der Waals surface area contributed by atoms with Crippen molar-refractivity contribution in [1.82, 2.24) is 19.5 Å². The molecule has 0 atom stereocenters. The van der Waals surface area contributed by atoms with Gasteiger partial charge >= 0.3 is 0 Å². The zero-order valence-electron chi connectivity index (χ0n) is 12.5. The fourth-order valence-corrected chi connectivity index (χ4v) is 3.11. The highest BCUT2D eigenvalue weighted by Gasteiger charge is 2.40. The number of carbonyl (C=O) groups is 1. The normalized spacial score (nSPS) is 21.5. The van der Waals surface area contributed by atoms with Crippen molar-refractivity contribution in [2.45, 2.75) is 18.8 Å². The Kier molecular flexibility index (Phi) is 3.21. The zero-order chi connectivity index (χ0) is 16.0. The Bertz CT molecular complexity index is 730. The first-order valence-corrected chi connectivity index (χ1v) is 7.74. The molecule has 23 heavy (non-hydrogen) atoms. The second kappa shape index (κ2) is 5.14. The van der Waals surface area contributed by atoms with Crippen LogP contribution in [-0.2, 0) is 4.79 Å². The molecule has 2 aliphatic heterocycles. The van der Waals surface area contributed by atoms with Crippen LogP contribution in [-0.4, -0.2) is 57.5 Å². The average molecular weight is 321 g/mol. The Morgan fingerprint density at radius 1 is 1.22 bits per heavy atom. The van der Waals surface area contributed by atoms with Gasteiger partial charge in [-0.05, 0) is 12.1 Å². The van der Waals surface area contributed by atoms with E-state index in [1.165, 1.54) is 0 Å². The lowest BCUT2D eigenvalue weighted by atomic mass is 9.96. The number of nitrogens with zero attached hydrogens (tertiary/aromatic N) is 5. The van der Waals surface area contributed by atoms with E-state index in [-0.39, 0.29) is 37.8 Å². The predicted molar refractivity (Wildman–Crippen MR) is 79.5 cm³/mol. The van der Waals surface area contributed by atoms with Crippen LogP contribution in [0.3, 0.4) is 0 Å². The van der Waals surface area contributed by atoms with E-state index < -0.39 is 5.92 Å². The van der Waals surface area contributed by atoms with E-state index in [0.29, 0.717) is 13.1 Å². The highest BCUT2D eigenvalue weighted by molar-refractivity contribution is 5.82. The second-order valence-corrected chi connectivity index (χ2v) is 6.20. The molecular weight excluding hydrogens is 304 g/mol. The molecule has 0 saturated carbocycles. The molecule has 2 fully saturated rings. The predicted octanol–water partition coefficient (Wildman–Crippen LogP) is 1.42. The monoisotopic (exact) mass is 321 g/mol. The van der Waals surface area contributed by atoms with Gasteiger partial charge < -0.3 is 9.80 Å². The molecule has 0 unspecified atom stereocenters. The van der Waals surface area contributed by atoms with E-state index in [1.54, 1.807) is 21.8 Å². The second-order valence-electron chi connectivity index (χ2n) is 6.20. The van der Waals surface area contributed by atoms with E-state index >= 15 is 0 Å². The van der Waals surface area contributed by atoms with Crippen molar-refractivity contribution in [3.63, 3.8) is 0 Å². The lowest BCUT2D eigenvalue weighted by Crippen LogP contribution is -2.56. The molecule has 0 N–H and O–H groups in total. The largest absolute Gasteiger partial charge is 0.353 e. The van der Waals surface area contributed by atoms with Gasteiger partial charge in [0.2, 0.25) is 5.91 Å². The lowest BCUT2D eigenvalue weighted by Gasteiger charge is -2.42.